The number of hydrogen-bond donors (Lipinski definition) is 0. The first-order valence-corrected chi connectivity index (χ1v) is 11.7. The van der Waals surface area contributed by atoms with E-state index in [1.165, 1.54) is 12.4 Å². The minimum absolute atomic E-state index is 0.0294. The minimum atomic E-state index is -4.79. The van der Waals surface area contributed by atoms with Crippen molar-refractivity contribution >= 4 is 5.91 Å². The summed E-state index contributed by atoms with van der Waals surface area (Å²) in [6.45, 7) is 3.98. The molecular weight excluding hydrogens is 452 g/mol. The average molecular weight is 481 g/mol. The van der Waals surface area contributed by atoms with Crippen molar-refractivity contribution in [1.29, 1.82) is 0 Å². The molecule has 3 aliphatic rings. The monoisotopic (exact) mass is 480 g/mol. The maximum absolute atomic E-state index is 13.8. The number of halogens is 4. The van der Waals surface area contributed by atoms with E-state index < -0.39 is 17.6 Å². The van der Waals surface area contributed by atoms with E-state index >= 15 is 0 Å². The summed E-state index contributed by atoms with van der Waals surface area (Å²) in [6, 6.07) is 3.48. The summed E-state index contributed by atoms with van der Waals surface area (Å²) in [7, 11) is 1.75. The van der Waals surface area contributed by atoms with E-state index in [0.29, 0.717) is 30.3 Å². The molecule has 184 valence electrons. The molecule has 34 heavy (non-hydrogen) atoms. The number of hydrogen-bond acceptors (Lipinski definition) is 4. The Morgan fingerprint density at radius 2 is 1.91 bits per heavy atom. The first kappa shape index (κ1) is 23.3. The molecule has 10 heteroatoms. The average Bonchev–Trinajstić information content (AvgIpc) is 3.14. The molecule has 2 unspecified atom stereocenters. The van der Waals surface area contributed by atoms with Crippen LogP contribution in [-0.4, -0.2) is 64.1 Å². The van der Waals surface area contributed by atoms with E-state index in [-0.39, 0.29) is 23.7 Å². The highest BCUT2D eigenvalue weighted by Gasteiger charge is 2.57. The van der Waals surface area contributed by atoms with Gasteiger partial charge in [-0.3, -0.25) is 9.69 Å². The van der Waals surface area contributed by atoms with Crippen molar-refractivity contribution in [1.82, 2.24) is 19.4 Å². The first-order chi connectivity index (χ1) is 16.2. The molecule has 2 saturated heterocycles. The zero-order valence-electron chi connectivity index (χ0n) is 19.0. The van der Waals surface area contributed by atoms with Crippen LogP contribution in [0.3, 0.4) is 0 Å². The number of alkyl halides is 3. The van der Waals surface area contributed by atoms with Crippen LogP contribution in [0.2, 0.25) is 0 Å². The van der Waals surface area contributed by atoms with Gasteiger partial charge in [0, 0.05) is 58.7 Å². The summed E-state index contributed by atoms with van der Waals surface area (Å²) in [4.78, 5) is 21.5. The second-order valence-corrected chi connectivity index (χ2v) is 9.71. The lowest BCUT2D eigenvalue weighted by atomic mass is 10.1. The lowest BCUT2D eigenvalue weighted by Crippen LogP contribution is -2.41. The molecule has 2 atom stereocenters. The van der Waals surface area contributed by atoms with Crippen molar-refractivity contribution in [3.63, 3.8) is 0 Å². The summed E-state index contributed by atoms with van der Waals surface area (Å²) in [6.07, 6.45) is 0.405. The molecule has 1 aromatic heterocycles. The van der Waals surface area contributed by atoms with Crippen LogP contribution in [-0.2, 0) is 24.5 Å². The van der Waals surface area contributed by atoms with Crippen LogP contribution in [0.5, 0.6) is 0 Å². The Balaban J connectivity index is 1.30. The topological polar surface area (TPSA) is 50.6 Å². The van der Waals surface area contributed by atoms with Gasteiger partial charge >= 0.3 is 6.18 Å². The summed E-state index contributed by atoms with van der Waals surface area (Å²) >= 11 is 0. The number of fused-ring (bicyclic) bond motifs is 1. The van der Waals surface area contributed by atoms with Gasteiger partial charge in [-0.25, -0.2) is 9.37 Å². The highest BCUT2D eigenvalue weighted by Crippen LogP contribution is 2.53. The molecule has 5 rings (SSSR count). The number of carbonyl (C=O) groups excluding carboxylic acids is 1. The minimum Gasteiger partial charge on any atom is -0.381 e. The summed E-state index contributed by atoms with van der Waals surface area (Å²) in [5.41, 5.74) is -0.825. The molecule has 0 radical (unpaired) electrons. The summed E-state index contributed by atoms with van der Waals surface area (Å²) in [5, 5.41) is 0. The van der Waals surface area contributed by atoms with Crippen LogP contribution in [0.4, 0.5) is 17.6 Å². The Kier molecular flexibility index (Phi) is 6.14. The molecule has 1 saturated carbocycles. The van der Waals surface area contributed by atoms with Crippen LogP contribution in [0.25, 0.3) is 0 Å². The number of aryl methyl sites for hydroxylation is 1. The number of ether oxygens (including phenoxy) is 1. The molecule has 1 aromatic carbocycles. The van der Waals surface area contributed by atoms with Crippen molar-refractivity contribution in [2.24, 2.45) is 24.8 Å². The summed E-state index contributed by atoms with van der Waals surface area (Å²) in [5.74, 6) is -0.360. The number of benzene rings is 1. The Bertz CT molecular complexity index is 1040. The van der Waals surface area contributed by atoms with Crippen LogP contribution in [0.1, 0.15) is 34.5 Å². The number of likely N-dealkylation sites (tertiary alicyclic amines) is 1. The number of rotatable bonds is 6. The second kappa shape index (κ2) is 8.96. The van der Waals surface area contributed by atoms with Crippen molar-refractivity contribution in [3.05, 3.63) is 53.4 Å². The smallest absolute Gasteiger partial charge is 0.381 e. The van der Waals surface area contributed by atoms with E-state index in [0.717, 1.165) is 51.3 Å². The van der Waals surface area contributed by atoms with Crippen molar-refractivity contribution in [3.8, 4) is 0 Å². The van der Waals surface area contributed by atoms with Gasteiger partial charge in [-0.05, 0) is 48.3 Å². The SMILES string of the molecule is Cn1cnc(C(=O)N(Cc2ccc(F)c(C(F)(F)F)c2)CC2C3CN(C4CCOCC4)CC23)c1. The largest absolute Gasteiger partial charge is 0.419 e. The fourth-order valence-corrected chi connectivity index (χ4v) is 5.57. The number of amides is 1. The van der Waals surface area contributed by atoms with E-state index in [1.54, 1.807) is 22.7 Å². The van der Waals surface area contributed by atoms with E-state index in [4.69, 9.17) is 4.74 Å². The van der Waals surface area contributed by atoms with Crippen LogP contribution < -0.4 is 0 Å². The fraction of sp³-hybridized carbons (Fsp3) is 0.583. The van der Waals surface area contributed by atoms with Crippen molar-refractivity contribution < 1.29 is 27.1 Å². The zero-order valence-corrected chi connectivity index (χ0v) is 19.0. The van der Waals surface area contributed by atoms with Gasteiger partial charge in [0.25, 0.3) is 5.91 Å². The molecule has 0 spiro atoms. The lowest BCUT2D eigenvalue weighted by molar-refractivity contribution is -0.140. The van der Waals surface area contributed by atoms with Gasteiger partial charge in [-0.1, -0.05) is 6.07 Å². The standard InChI is InChI=1S/C24H28F4N4O2/c1-30-13-22(29-14-30)23(33)32(9-15-2-3-21(25)20(8-15)24(26,27)28)12-19-17-10-31(11-18(17)19)16-4-6-34-7-5-16/h2-3,8,13-14,16-19H,4-7,9-12H2,1H3. The Hall–Kier alpha value is -2.46. The van der Waals surface area contributed by atoms with Gasteiger partial charge in [0.1, 0.15) is 11.5 Å². The fourth-order valence-electron chi connectivity index (χ4n) is 5.57. The van der Waals surface area contributed by atoms with Crippen molar-refractivity contribution in [2.75, 3.05) is 32.8 Å². The number of nitrogens with zero attached hydrogens (tertiary/aromatic N) is 4. The quantitative estimate of drug-likeness (QED) is 0.594. The molecule has 2 aliphatic heterocycles. The Morgan fingerprint density at radius 1 is 1.21 bits per heavy atom. The first-order valence-electron chi connectivity index (χ1n) is 11.7. The number of carbonyl (C=O) groups is 1. The lowest BCUT2D eigenvalue weighted by Gasteiger charge is -2.33. The van der Waals surface area contributed by atoms with Crippen LogP contribution in [0.15, 0.2) is 30.7 Å². The van der Waals surface area contributed by atoms with Gasteiger partial charge < -0.3 is 14.2 Å². The maximum atomic E-state index is 13.8. The third-order valence-corrected chi connectivity index (χ3v) is 7.46. The molecule has 1 aliphatic carbocycles. The molecule has 0 bridgehead atoms. The normalized spacial score (nSPS) is 25.4. The van der Waals surface area contributed by atoms with Crippen LogP contribution in [0, 0.1) is 23.6 Å². The molecule has 0 N–H and O–H groups in total. The predicted octanol–water partition coefficient (Wildman–Crippen LogP) is 3.58. The maximum Gasteiger partial charge on any atom is 0.419 e. The van der Waals surface area contributed by atoms with Crippen molar-refractivity contribution in [2.45, 2.75) is 31.6 Å². The summed E-state index contributed by atoms with van der Waals surface area (Å²) < 4.78 is 60.5. The second-order valence-electron chi connectivity index (χ2n) is 9.71. The third-order valence-electron chi connectivity index (χ3n) is 7.46. The van der Waals surface area contributed by atoms with Gasteiger partial charge in [-0.2, -0.15) is 13.2 Å². The third kappa shape index (κ3) is 4.70. The highest BCUT2D eigenvalue weighted by molar-refractivity contribution is 5.92. The molecule has 2 aromatic rings. The van der Waals surface area contributed by atoms with E-state index in [2.05, 4.69) is 9.88 Å². The molecule has 3 fully saturated rings. The Labute approximate surface area is 195 Å². The Morgan fingerprint density at radius 3 is 2.53 bits per heavy atom. The van der Waals surface area contributed by atoms with E-state index in [1.807, 2.05) is 0 Å². The predicted molar refractivity (Wildman–Crippen MR) is 115 cm³/mol. The van der Waals surface area contributed by atoms with Gasteiger partial charge in [0.05, 0.1) is 11.9 Å². The molecule has 1 amide bonds. The zero-order chi connectivity index (χ0) is 24.0. The highest BCUT2D eigenvalue weighted by atomic mass is 19.4. The molecule has 3 heterocycles. The van der Waals surface area contributed by atoms with Crippen LogP contribution >= 0.6 is 0 Å². The van der Waals surface area contributed by atoms with Gasteiger partial charge in [0.15, 0.2) is 0 Å². The van der Waals surface area contributed by atoms with Gasteiger partial charge in [-0.15, -0.1) is 0 Å². The van der Waals surface area contributed by atoms with Gasteiger partial charge in [0.2, 0.25) is 0 Å². The van der Waals surface area contributed by atoms with E-state index in [9.17, 15) is 22.4 Å². The molecular formula is C24H28F4N4O2. The molecule has 6 nitrogen and oxygen atoms in total. The number of imidazole rings is 1. The number of piperidine rings is 1. The number of aromatic nitrogens is 2.